The number of carbonyl (C=O) groups excluding carboxylic acids is 1. The van der Waals surface area contributed by atoms with Crippen LogP contribution in [-0.4, -0.2) is 39.5 Å². The first kappa shape index (κ1) is 23.8. The van der Waals surface area contributed by atoms with Gasteiger partial charge in [0, 0.05) is 29.9 Å². The van der Waals surface area contributed by atoms with Gasteiger partial charge in [0.2, 0.25) is 0 Å². The Hall–Kier alpha value is -3.94. The third kappa shape index (κ3) is 5.03. The lowest BCUT2D eigenvalue weighted by Crippen LogP contribution is -2.35. The number of amides is 1. The molecule has 5 rings (SSSR count). The number of nitrogens with one attached hydrogen (secondary N) is 1. The number of aliphatic carboxylic acids is 1. The highest BCUT2D eigenvalue weighted by Crippen LogP contribution is 2.51. The van der Waals surface area contributed by atoms with Crippen LogP contribution in [0.3, 0.4) is 0 Å². The van der Waals surface area contributed by atoms with Gasteiger partial charge < -0.3 is 21.1 Å². The normalized spacial score (nSPS) is 18.1. The van der Waals surface area contributed by atoms with Crippen LogP contribution in [0.2, 0.25) is 0 Å². The molecule has 1 atom stereocenters. The van der Waals surface area contributed by atoms with Crippen molar-refractivity contribution in [3.63, 3.8) is 0 Å². The fourth-order valence-electron chi connectivity index (χ4n) is 5.47. The number of carboxylic acid groups (broad SMARTS) is 1. The quantitative estimate of drug-likeness (QED) is 0.429. The third-order valence-electron chi connectivity index (χ3n) is 7.43. The van der Waals surface area contributed by atoms with Gasteiger partial charge in [0.25, 0.3) is 5.91 Å². The maximum atomic E-state index is 12.8. The number of nitrogens with zero attached hydrogens (tertiary/aromatic N) is 3. The van der Waals surface area contributed by atoms with Gasteiger partial charge in [-0.25, -0.2) is 9.97 Å². The van der Waals surface area contributed by atoms with E-state index < -0.39 is 5.97 Å². The van der Waals surface area contributed by atoms with E-state index in [4.69, 9.17) is 5.73 Å². The van der Waals surface area contributed by atoms with Crippen molar-refractivity contribution in [2.24, 2.45) is 5.41 Å². The Balaban J connectivity index is 1.27. The summed E-state index contributed by atoms with van der Waals surface area (Å²) in [6.45, 7) is 2.91. The number of benzene rings is 2. The molecule has 1 saturated carbocycles. The third-order valence-corrected chi connectivity index (χ3v) is 7.43. The Morgan fingerprint density at radius 3 is 2.36 bits per heavy atom. The van der Waals surface area contributed by atoms with Crippen molar-refractivity contribution < 1.29 is 14.7 Å². The van der Waals surface area contributed by atoms with Gasteiger partial charge in [-0.2, -0.15) is 0 Å². The summed E-state index contributed by atoms with van der Waals surface area (Å²) in [4.78, 5) is 35.6. The van der Waals surface area contributed by atoms with E-state index in [1.54, 1.807) is 12.1 Å². The number of nitrogen functional groups attached to an aromatic ring is 1. The summed E-state index contributed by atoms with van der Waals surface area (Å²) >= 11 is 0. The maximum Gasteiger partial charge on any atom is 0.305 e. The summed E-state index contributed by atoms with van der Waals surface area (Å²) in [6, 6.07) is 16.9. The van der Waals surface area contributed by atoms with E-state index in [0.29, 0.717) is 22.8 Å². The predicted molar refractivity (Wildman–Crippen MR) is 139 cm³/mol. The molecular formula is C28H31N5O3. The lowest BCUT2D eigenvalue weighted by atomic mass is 9.67. The minimum atomic E-state index is -0.790. The van der Waals surface area contributed by atoms with Crippen LogP contribution in [0.4, 0.5) is 11.5 Å². The molecule has 1 aliphatic carbocycles. The average molecular weight is 486 g/mol. The standard InChI is InChI=1S/C28H31N5O3/c1-18-31-23(13-25(32-18)33-17-28(11-2-12-28)15-24(33)14-26(34)35)16-30-27(36)21-5-3-19(4-6-21)20-7-9-22(29)10-8-20/h3-10,13,24H,2,11-12,14-17,29H2,1H3,(H,30,36)(H,34,35). The first-order valence-electron chi connectivity index (χ1n) is 12.4. The Bertz CT molecular complexity index is 1270. The van der Waals surface area contributed by atoms with Crippen molar-refractivity contribution in [3.8, 4) is 11.1 Å². The molecule has 186 valence electrons. The summed E-state index contributed by atoms with van der Waals surface area (Å²) in [7, 11) is 0. The number of anilines is 2. The molecule has 1 aliphatic heterocycles. The number of hydrogen-bond donors (Lipinski definition) is 3. The van der Waals surface area contributed by atoms with Gasteiger partial charge in [-0.1, -0.05) is 30.7 Å². The van der Waals surface area contributed by atoms with Gasteiger partial charge in [-0.05, 0) is 67.0 Å². The zero-order valence-corrected chi connectivity index (χ0v) is 20.4. The van der Waals surface area contributed by atoms with Crippen LogP contribution in [0.25, 0.3) is 11.1 Å². The van der Waals surface area contributed by atoms with Crippen LogP contribution < -0.4 is 16.0 Å². The molecule has 36 heavy (non-hydrogen) atoms. The number of carboxylic acids is 1. The minimum Gasteiger partial charge on any atom is -0.481 e. The van der Waals surface area contributed by atoms with E-state index in [-0.39, 0.29) is 30.3 Å². The number of aryl methyl sites for hydroxylation is 1. The number of aromatic nitrogens is 2. The van der Waals surface area contributed by atoms with Gasteiger partial charge in [-0.15, -0.1) is 0 Å². The fourth-order valence-corrected chi connectivity index (χ4v) is 5.47. The summed E-state index contributed by atoms with van der Waals surface area (Å²) < 4.78 is 0. The number of hydrogen-bond acceptors (Lipinski definition) is 6. The highest BCUT2D eigenvalue weighted by molar-refractivity contribution is 5.94. The molecule has 2 aliphatic rings. The number of carbonyl (C=O) groups is 2. The van der Waals surface area contributed by atoms with Gasteiger partial charge >= 0.3 is 5.97 Å². The molecule has 4 N–H and O–H groups in total. The van der Waals surface area contributed by atoms with Crippen LogP contribution in [0.5, 0.6) is 0 Å². The molecule has 1 spiro atoms. The SMILES string of the molecule is Cc1nc(CNC(=O)c2ccc(-c3ccc(N)cc3)cc2)cc(N2CC3(CCC3)CC2CC(=O)O)n1. The second kappa shape index (κ2) is 9.60. The van der Waals surface area contributed by atoms with Gasteiger partial charge in [0.15, 0.2) is 0 Å². The molecule has 0 bridgehead atoms. The largest absolute Gasteiger partial charge is 0.481 e. The van der Waals surface area contributed by atoms with Crippen molar-refractivity contribution in [2.75, 3.05) is 17.2 Å². The van der Waals surface area contributed by atoms with Crippen molar-refractivity contribution in [2.45, 2.75) is 51.6 Å². The minimum absolute atomic E-state index is 0.0703. The molecule has 1 amide bonds. The molecule has 8 nitrogen and oxygen atoms in total. The molecule has 8 heteroatoms. The van der Waals surface area contributed by atoms with E-state index in [2.05, 4.69) is 20.2 Å². The van der Waals surface area contributed by atoms with Gasteiger partial charge in [-0.3, -0.25) is 9.59 Å². The zero-order chi connectivity index (χ0) is 25.3. The van der Waals surface area contributed by atoms with Gasteiger partial charge in [0.1, 0.15) is 11.6 Å². The van der Waals surface area contributed by atoms with E-state index in [1.165, 1.54) is 6.42 Å². The Labute approximate surface area is 210 Å². The first-order chi connectivity index (χ1) is 17.3. The van der Waals surface area contributed by atoms with Crippen LogP contribution in [-0.2, 0) is 11.3 Å². The smallest absolute Gasteiger partial charge is 0.305 e. The summed E-state index contributed by atoms with van der Waals surface area (Å²) in [6.07, 6.45) is 4.48. The van der Waals surface area contributed by atoms with Crippen molar-refractivity contribution >= 4 is 23.4 Å². The van der Waals surface area contributed by atoms with Crippen LogP contribution in [0, 0.1) is 12.3 Å². The van der Waals surface area contributed by atoms with E-state index in [1.807, 2.05) is 49.4 Å². The maximum absolute atomic E-state index is 12.8. The Kier molecular flexibility index (Phi) is 6.35. The lowest BCUT2D eigenvalue weighted by molar-refractivity contribution is -0.137. The second-order valence-electron chi connectivity index (χ2n) is 10.1. The molecular weight excluding hydrogens is 454 g/mol. The molecule has 1 saturated heterocycles. The predicted octanol–water partition coefficient (Wildman–Crippen LogP) is 4.19. The summed E-state index contributed by atoms with van der Waals surface area (Å²) in [5.74, 6) is 0.375. The highest BCUT2D eigenvalue weighted by atomic mass is 16.4. The van der Waals surface area contributed by atoms with E-state index in [0.717, 1.165) is 42.8 Å². The first-order valence-corrected chi connectivity index (χ1v) is 12.4. The lowest BCUT2D eigenvalue weighted by Gasteiger charge is -2.38. The Morgan fingerprint density at radius 2 is 1.75 bits per heavy atom. The van der Waals surface area contributed by atoms with Crippen molar-refractivity contribution in [1.29, 1.82) is 0 Å². The molecule has 3 aromatic rings. The van der Waals surface area contributed by atoms with E-state index in [9.17, 15) is 14.7 Å². The monoisotopic (exact) mass is 485 g/mol. The molecule has 1 unspecified atom stereocenters. The molecule has 1 aromatic heterocycles. The molecule has 2 heterocycles. The zero-order valence-electron chi connectivity index (χ0n) is 20.4. The van der Waals surface area contributed by atoms with Crippen LogP contribution in [0.1, 0.15) is 54.0 Å². The van der Waals surface area contributed by atoms with Crippen molar-refractivity contribution in [1.82, 2.24) is 15.3 Å². The summed E-state index contributed by atoms with van der Waals surface area (Å²) in [5, 5.41) is 12.4. The summed E-state index contributed by atoms with van der Waals surface area (Å²) in [5.41, 5.74) is 9.99. The highest BCUT2D eigenvalue weighted by Gasteiger charge is 2.48. The van der Waals surface area contributed by atoms with Crippen molar-refractivity contribution in [3.05, 3.63) is 71.7 Å². The van der Waals surface area contributed by atoms with E-state index >= 15 is 0 Å². The number of nitrogens with two attached hydrogens (primary N) is 1. The molecule has 0 radical (unpaired) electrons. The Morgan fingerprint density at radius 1 is 1.08 bits per heavy atom. The van der Waals surface area contributed by atoms with Gasteiger partial charge in [0.05, 0.1) is 18.7 Å². The fraction of sp³-hybridized carbons (Fsp3) is 0.357. The number of rotatable bonds is 7. The molecule has 2 fully saturated rings. The topological polar surface area (TPSA) is 121 Å². The second-order valence-corrected chi connectivity index (χ2v) is 10.1. The van der Waals surface area contributed by atoms with Crippen LogP contribution in [0.15, 0.2) is 54.6 Å². The molecule has 2 aromatic carbocycles. The average Bonchev–Trinajstić information content (AvgIpc) is 3.23. The van der Waals surface area contributed by atoms with Crippen LogP contribution >= 0.6 is 0 Å².